The minimum Gasteiger partial charge on any atom is -0.202 e. The van der Waals surface area contributed by atoms with Crippen LogP contribution in [0, 0.1) is 0 Å². The predicted octanol–water partition coefficient (Wildman–Crippen LogP) is 2.77. The lowest BCUT2D eigenvalue weighted by atomic mass is 10.1. The van der Waals surface area contributed by atoms with Crippen LogP contribution in [0.1, 0.15) is 11.4 Å². The second-order valence-corrected chi connectivity index (χ2v) is 3.63. The van der Waals surface area contributed by atoms with Gasteiger partial charge in [0.05, 0.1) is 0 Å². The average Bonchev–Trinajstić information content (AvgIpc) is 2.17. The van der Waals surface area contributed by atoms with Crippen LogP contribution in [-0.4, -0.2) is 15.0 Å². The van der Waals surface area contributed by atoms with Crippen LogP contribution in [0.4, 0.5) is 0 Å². The second kappa shape index (κ2) is 4.55. The molecule has 0 aliphatic rings. The van der Waals surface area contributed by atoms with Crippen molar-refractivity contribution in [2.75, 3.05) is 0 Å². The molecular formula is C10H7Cl2N3. The van der Waals surface area contributed by atoms with E-state index in [9.17, 15) is 0 Å². The van der Waals surface area contributed by atoms with E-state index in [-0.39, 0.29) is 10.6 Å². The molecule has 0 saturated carbocycles. The van der Waals surface area contributed by atoms with Crippen molar-refractivity contribution < 1.29 is 0 Å². The summed E-state index contributed by atoms with van der Waals surface area (Å²) in [6.07, 6.45) is 0.600. The smallest absolute Gasteiger partial charge is 0.202 e. The molecule has 2 rings (SSSR count). The monoisotopic (exact) mass is 239 g/mol. The Morgan fingerprint density at radius 3 is 2.07 bits per heavy atom. The van der Waals surface area contributed by atoms with E-state index in [0.717, 1.165) is 5.56 Å². The summed E-state index contributed by atoms with van der Waals surface area (Å²) in [6, 6.07) is 9.85. The van der Waals surface area contributed by atoms with Gasteiger partial charge in [0.25, 0.3) is 0 Å². The first-order valence-corrected chi connectivity index (χ1v) is 5.09. The van der Waals surface area contributed by atoms with Gasteiger partial charge in [0.15, 0.2) is 0 Å². The summed E-state index contributed by atoms with van der Waals surface area (Å²) in [5.41, 5.74) is 1.11. The summed E-state index contributed by atoms with van der Waals surface area (Å²) in [6.45, 7) is 0. The molecule has 0 aliphatic heterocycles. The molecule has 0 amide bonds. The van der Waals surface area contributed by atoms with Crippen LogP contribution in [0.15, 0.2) is 30.3 Å². The minimum atomic E-state index is 0.126. The van der Waals surface area contributed by atoms with Gasteiger partial charge in [-0.2, -0.15) is 4.98 Å². The van der Waals surface area contributed by atoms with Crippen LogP contribution in [-0.2, 0) is 6.42 Å². The van der Waals surface area contributed by atoms with Crippen LogP contribution < -0.4 is 0 Å². The number of hydrogen-bond donors (Lipinski definition) is 0. The first kappa shape index (κ1) is 10.3. The number of benzene rings is 1. The van der Waals surface area contributed by atoms with Gasteiger partial charge in [0, 0.05) is 6.42 Å². The first-order valence-electron chi connectivity index (χ1n) is 4.34. The molecule has 1 aromatic carbocycles. The van der Waals surface area contributed by atoms with Gasteiger partial charge in [0.2, 0.25) is 10.6 Å². The molecule has 1 aromatic heterocycles. The largest absolute Gasteiger partial charge is 0.226 e. The zero-order valence-corrected chi connectivity index (χ0v) is 9.20. The standard InChI is InChI=1S/C10H7Cl2N3/c11-9-13-8(14-10(12)15-9)6-7-4-2-1-3-5-7/h1-5H,6H2. The van der Waals surface area contributed by atoms with Gasteiger partial charge in [-0.3, -0.25) is 0 Å². The van der Waals surface area contributed by atoms with E-state index in [2.05, 4.69) is 15.0 Å². The lowest BCUT2D eigenvalue weighted by Gasteiger charge is -2.00. The zero-order chi connectivity index (χ0) is 10.7. The molecular weight excluding hydrogens is 233 g/mol. The highest BCUT2D eigenvalue weighted by molar-refractivity contribution is 6.30. The molecule has 2 aromatic rings. The van der Waals surface area contributed by atoms with E-state index in [1.807, 2.05) is 30.3 Å². The predicted molar refractivity (Wildman–Crippen MR) is 59.1 cm³/mol. The Kier molecular flexibility index (Phi) is 3.14. The third-order valence-corrected chi connectivity index (χ3v) is 2.17. The third-order valence-electron chi connectivity index (χ3n) is 1.83. The van der Waals surface area contributed by atoms with Crippen molar-refractivity contribution >= 4 is 23.2 Å². The minimum absolute atomic E-state index is 0.126. The number of hydrogen-bond acceptors (Lipinski definition) is 3. The molecule has 0 aliphatic carbocycles. The van der Waals surface area contributed by atoms with E-state index >= 15 is 0 Å². The Morgan fingerprint density at radius 1 is 0.867 bits per heavy atom. The summed E-state index contributed by atoms with van der Waals surface area (Å²) in [7, 11) is 0. The molecule has 0 N–H and O–H groups in total. The Hall–Kier alpha value is -1.19. The van der Waals surface area contributed by atoms with Crippen LogP contribution in [0.2, 0.25) is 10.6 Å². The molecule has 0 unspecified atom stereocenters. The molecule has 0 saturated heterocycles. The van der Waals surface area contributed by atoms with Gasteiger partial charge in [-0.05, 0) is 28.8 Å². The average molecular weight is 240 g/mol. The lowest BCUT2D eigenvalue weighted by molar-refractivity contribution is 0.919. The van der Waals surface area contributed by atoms with E-state index < -0.39 is 0 Å². The van der Waals surface area contributed by atoms with Crippen molar-refractivity contribution in [2.45, 2.75) is 6.42 Å². The summed E-state index contributed by atoms with van der Waals surface area (Å²) >= 11 is 11.3. The van der Waals surface area contributed by atoms with Crippen LogP contribution >= 0.6 is 23.2 Å². The molecule has 5 heteroatoms. The fourth-order valence-electron chi connectivity index (χ4n) is 1.22. The Balaban J connectivity index is 2.25. The molecule has 0 spiro atoms. The third kappa shape index (κ3) is 2.88. The van der Waals surface area contributed by atoms with Crippen molar-refractivity contribution in [1.29, 1.82) is 0 Å². The maximum Gasteiger partial charge on any atom is 0.226 e. The highest BCUT2D eigenvalue weighted by Crippen LogP contribution is 2.10. The van der Waals surface area contributed by atoms with E-state index in [1.165, 1.54) is 0 Å². The van der Waals surface area contributed by atoms with Crippen molar-refractivity contribution in [3.05, 3.63) is 52.3 Å². The zero-order valence-electron chi connectivity index (χ0n) is 7.69. The SMILES string of the molecule is Clc1nc(Cl)nc(Cc2ccccc2)n1. The van der Waals surface area contributed by atoms with Gasteiger partial charge >= 0.3 is 0 Å². The number of nitrogens with zero attached hydrogens (tertiary/aromatic N) is 3. The van der Waals surface area contributed by atoms with Crippen LogP contribution in [0.3, 0.4) is 0 Å². The second-order valence-electron chi connectivity index (χ2n) is 2.95. The molecule has 0 radical (unpaired) electrons. The Morgan fingerprint density at radius 2 is 1.47 bits per heavy atom. The van der Waals surface area contributed by atoms with E-state index in [0.29, 0.717) is 12.2 Å². The van der Waals surface area contributed by atoms with Crippen LogP contribution in [0.5, 0.6) is 0 Å². The topological polar surface area (TPSA) is 38.7 Å². The van der Waals surface area contributed by atoms with Gasteiger partial charge in [-0.1, -0.05) is 30.3 Å². The van der Waals surface area contributed by atoms with E-state index in [4.69, 9.17) is 23.2 Å². The normalized spacial score (nSPS) is 10.3. The van der Waals surface area contributed by atoms with E-state index in [1.54, 1.807) is 0 Å². The van der Waals surface area contributed by atoms with Crippen molar-refractivity contribution in [2.24, 2.45) is 0 Å². The van der Waals surface area contributed by atoms with Crippen LogP contribution in [0.25, 0.3) is 0 Å². The van der Waals surface area contributed by atoms with Gasteiger partial charge in [-0.25, -0.2) is 9.97 Å². The lowest BCUT2D eigenvalue weighted by Crippen LogP contribution is -1.99. The summed E-state index contributed by atoms with van der Waals surface area (Å²) < 4.78 is 0. The summed E-state index contributed by atoms with van der Waals surface area (Å²) in [4.78, 5) is 11.7. The van der Waals surface area contributed by atoms with Gasteiger partial charge in [-0.15, -0.1) is 0 Å². The van der Waals surface area contributed by atoms with Crippen molar-refractivity contribution in [3.8, 4) is 0 Å². The van der Waals surface area contributed by atoms with Gasteiger partial charge < -0.3 is 0 Å². The molecule has 76 valence electrons. The molecule has 1 heterocycles. The molecule has 15 heavy (non-hydrogen) atoms. The van der Waals surface area contributed by atoms with Crippen molar-refractivity contribution in [3.63, 3.8) is 0 Å². The maximum absolute atomic E-state index is 5.67. The highest BCUT2D eigenvalue weighted by Gasteiger charge is 2.03. The Labute approximate surface area is 97.1 Å². The highest BCUT2D eigenvalue weighted by atomic mass is 35.5. The first-order chi connectivity index (χ1) is 7.24. The fraction of sp³-hybridized carbons (Fsp3) is 0.100. The number of halogens is 2. The fourth-order valence-corrected chi connectivity index (χ4v) is 1.62. The van der Waals surface area contributed by atoms with Gasteiger partial charge in [0.1, 0.15) is 5.82 Å². The quantitative estimate of drug-likeness (QED) is 0.810. The maximum atomic E-state index is 5.67. The van der Waals surface area contributed by atoms with Crippen molar-refractivity contribution in [1.82, 2.24) is 15.0 Å². The Bertz CT molecular complexity index is 439. The summed E-state index contributed by atoms with van der Waals surface area (Å²) in [5.74, 6) is 0.575. The molecule has 0 bridgehead atoms. The number of aromatic nitrogens is 3. The molecule has 3 nitrogen and oxygen atoms in total. The molecule has 0 atom stereocenters. The number of rotatable bonds is 2. The summed E-state index contributed by atoms with van der Waals surface area (Å²) in [5, 5.41) is 0.252. The molecule has 0 fully saturated rings.